The Hall–Kier alpha value is -6.52. The summed E-state index contributed by atoms with van der Waals surface area (Å²) in [7, 11) is 0. The van der Waals surface area contributed by atoms with Crippen LogP contribution in [-0.2, 0) is 25.9 Å². The average Bonchev–Trinajstić information content (AvgIpc) is 3.96. The van der Waals surface area contributed by atoms with Crippen LogP contribution in [0.5, 0.6) is 0 Å². The first-order valence-corrected chi connectivity index (χ1v) is 24.5. The first-order valence-electron chi connectivity index (χ1n) is 24.5. The van der Waals surface area contributed by atoms with Gasteiger partial charge in [-0.05, 0) is 188 Å². The number of nitrogens with zero attached hydrogens (tertiary/aromatic N) is 4. The van der Waals surface area contributed by atoms with Crippen LogP contribution in [0.15, 0.2) is 123 Å². The molecular formula is C65H68N4Zn. The molecule has 5 heteroatoms. The van der Waals surface area contributed by atoms with E-state index in [1.807, 2.05) is 13.8 Å². The summed E-state index contributed by atoms with van der Waals surface area (Å²) >= 11 is 0. The van der Waals surface area contributed by atoms with Crippen molar-refractivity contribution >= 4 is 22.6 Å². The fourth-order valence-corrected chi connectivity index (χ4v) is 10.3. The van der Waals surface area contributed by atoms with Gasteiger partial charge in [0.1, 0.15) is 0 Å². The van der Waals surface area contributed by atoms with Gasteiger partial charge in [-0.1, -0.05) is 139 Å². The quantitative estimate of drug-likeness (QED) is 0.123. The second-order valence-electron chi connectivity index (χ2n) is 19.1. The second kappa shape index (κ2) is 22.1. The number of aromatic nitrogens is 2. The van der Waals surface area contributed by atoms with Crippen molar-refractivity contribution in [1.82, 2.24) is 9.97 Å². The molecule has 2 aliphatic rings. The molecule has 350 valence electrons. The van der Waals surface area contributed by atoms with Gasteiger partial charge in [-0.25, -0.2) is 0 Å². The monoisotopic (exact) mass is 968 g/mol. The average molecular weight is 971 g/mol. The SMILES string of the molecule is CC1=N/C(=C(\c2[n-]c(C)c(C#Cc3ccc(C)cc3)c2C)c2c(C)cccc2C)C(C)=C1C#Cc1ccc(C)cc1.CCC1=C(C)/C(=C(/c2[n-]c(C)c(CC)c2C)c2c(C)cc(C)cc2C)N=C1C.[Zn+2]. The summed E-state index contributed by atoms with van der Waals surface area (Å²) in [6, 6.07) is 27.6. The second-order valence-corrected chi connectivity index (χ2v) is 19.1. The molecule has 0 fully saturated rings. The van der Waals surface area contributed by atoms with Crippen molar-refractivity contribution in [3.05, 3.63) is 219 Å². The molecule has 0 amide bonds. The third-order valence-electron chi connectivity index (χ3n) is 13.9. The maximum Gasteiger partial charge on any atom is 2.00 e. The molecular weight excluding hydrogens is 902 g/mol. The molecule has 0 atom stereocenters. The molecule has 4 heterocycles. The Kier molecular flexibility index (Phi) is 16.7. The van der Waals surface area contributed by atoms with Crippen molar-refractivity contribution < 1.29 is 19.5 Å². The molecule has 0 bridgehead atoms. The minimum Gasteiger partial charge on any atom is -0.660 e. The Morgan fingerprint density at radius 3 is 1.44 bits per heavy atom. The van der Waals surface area contributed by atoms with Gasteiger partial charge < -0.3 is 9.97 Å². The van der Waals surface area contributed by atoms with Crippen LogP contribution >= 0.6 is 0 Å². The van der Waals surface area contributed by atoms with E-state index in [0.29, 0.717) is 0 Å². The van der Waals surface area contributed by atoms with Gasteiger partial charge in [0, 0.05) is 22.4 Å². The van der Waals surface area contributed by atoms with Crippen molar-refractivity contribution in [3.8, 4) is 23.7 Å². The molecule has 8 rings (SSSR count). The molecule has 70 heavy (non-hydrogen) atoms. The molecule has 0 saturated heterocycles. The number of aryl methyl sites for hydroxylation is 9. The number of hydrogen-bond acceptors (Lipinski definition) is 2. The molecule has 0 N–H and O–H groups in total. The Labute approximate surface area is 432 Å². The van der Waals surface area contributed by atoms with E-state index in [2.05, 4.69) is 206 Å². The summed E-state index contributed by atoms with van der Waals surface area (Å²) in [5.74, 6) is 13.6. The van der Waals surface area contributed by atoms with E-state index in [0.717, 1.165) is 97.4 Å². The topological polar surface area (TPSA) is 52.9 Å². The van der Waals surface area contributed by atoms with Gasteiger partial charge in [0.2, 0.25) is 0 Å². The van der Waals surface area contributed by atoms with Gasteiger partial charge >= 0.3 is 19.5 Å². The van der Waals surface area contributed by atoms with Gasteiger partial charge in [0.15, 0.2) is 0 Å². The minimum atomic E-state index is 0. The first kappa shape index (κ1) is 52.8. The van der Waals surface area contributed by atoms with Crippen molar-refractivity contribution in [3.63, 3.8) is 0 Å². The number of rotatable bonds is 6. The molecule has 0 aliphatic carbocycles. The van der Waals surface area contributed by atoms with Gasteiger partial charge in [-0.15, -0.1) is 17.1 Å². The molecule has 4 aromatic carbocycles. The molecule has 6 aromatic rings. The molecule has 2 aliphatic heterocycles. The van der Waals surface area contributed by atoms with Crippen LogP contribution in [0.2, 0.25) is 0 Å². The molecule has 0 radical (unpaired) electrons. The van der Waals surface area contributed by atoms with Crippen LogP contribution in [0.3, 0.4) is 0 Å². The van der Waals surface area contributed by atoms with E-state index in [9.17, 15) is 0 Å². The maximum absolute atomic E-state index is 5.14. The van der Waals surface area contributed by atoms with Crippen LogP contribution in [0.25, 0.3) is 11.1 Å². The predicted octanol–water partition coefficient (Wildman–Crippen LogP) is 15.2. The summed E-state index contributed by atoms with van der Waals surface area (Å²) in [5, 5.41) is 0. The van der Waals surface area contributed by atoms with Gasteiger partial charge in [0.05, 0.1) is 22.7 Å². The zero-order valence-electron chi connectivity index (χ0n) is 44.9. The van der Waals surface area contributed by atoms with E-state index in [4.69, 9.17) is 20.0 Å². The fourth-order valence-electron chi connectivity index (χ4n) is 10.3. The fraction of sp³-hybridized carbons (Fsp3) is 0.292. The third kappa shape index (κ3) is 10.6. The van der Waals surface area contributed by atoms with Crippen LogP contribution in [-0.4, -0.2) is 11.4 Å². The Bertz CT molecular complexity index is 3310. The Balaban J connectivity index is 0.000000243. The van der Waals surface area contributed by atoms with E-state index in [1.165, 1.54) is 77.9 Å². The zero-order chi connectivity index (χ0) is 50.0. The van der Waals surface area contributed by atoms with Crippen molar-refractivity contribution in [2.75, 3.05) is 0 Å². The Morgan fingerprint density at radius 2 is 0.943 bits per heavy atom. The van der Waals surface area contributed by atoms with Crippen molar-refractivity contribution in [2.45, 2.75) is 131 Å². The van der Waals surface area contributed by atoms with Gasteiger partial charge in [0.25, 0.3) is 0 Å². The molecule has 0 unspecified atom stereocenters. The summed E-state index contributed by atoms with van der Waals surface area (Å²) in [6.45, 7) is 36.6. The predicted molar refractivity (Wildman–Crippen MR) is 294 cm³/mol. The van der Waals surface area contributed by atoms with Crippen molar-refractivity contribution in [1.29, 1.82) is 0 Å². The number of hydrogen-bond donors (Lipinski definition) is 0. The van der Waals surface area contributed by atoms with Crippen LogP contribution in [0.1, 0.15) is 154 Å². The van der Waals surface area contributed by atoms with Gasteiger partial charge in [-0.2, -0.15) is 5.69 Å². The third-order valence-corrected chi connectivity index (χ3v) is 13.9. The van der Waals surface area contributed by atoms with E-state index >= 15 is 0 Å². The maximum atomic E-state index is 5.14. The van der Waals surface area contributed by atoms with E-state index in [1.54, 1.807) is 0 Å². The summed E-state index contributed by atoms with van der Waals surface area (Å²) < 4.78 is 0. The Morgan fingerprint density at radius 1 is 0.471 bits per heavy atom. The summed E-state index contributed by atoms with van der Waals surface area (Å²) in [5.41, 5.74) is 33.1. The number of aliphatic imine (C=N–C) groups is 2. The van der Waals surface area contributed by atoms with Gasteiger partial charge in [-0.3, -0.25) is 9.98 Å². The van der Waals surface area contributed by atoms with Crippen molar-refractivity contribution in [2.24, 2.45) is 9.98 Å². The molecule has 0 spiro atoms. The molecule has 0 saturated carbocycles. The zero-order valence-corrected chi connectivity index (χ0v) is 47.9. The van der Waals surface area contributed by atoms with Crippen LogP contribution in [0, 0.1) is 99.8 Å². The normalized spacial score (nSPS) is 14.5. The van der Waals surface area contributed by atoms with E-state index < -0.39 is 0 Å². The number of benzene rings is 4. The van der Waals surface area contributed by atoms with Crippen LogP contribution < -0.4 is 9.97 Å². The standard InChI is InChI=1S/C39H35N2.C26H33N2.Zn/c1-24-12-16-32(17-13-24)20-22-34-28(5)38(40-30(34)7)37(36-26(3)10-9-11-27(36)4)39-29(6)35(31(8)41-39)23-21-33-18-14-25(2)15-19-33;1-10-21-17(6)25(27-19(21)8)24(23-15(4)12-14(3)13-16(23)5)26-18(7)22(11-2)20(9)28-26;/h9-19H,1-8H3;12-13H,10-11H2,1-9H3;/q2*-1;+2/b38-37-;25-24-;. The smallest absolute Gasteiger partial charge is 0.660 e. The number of allylic oxidation sites excluding steroid dienone is 4. The van der Waals surface area contributed by atoms with E-state index in [-0.39, 0.29) is 19.5 Å². The summed E-state index contributed by atoms with van der Waals surface area (Å²) in [4.78, 5) is 20.4. The molecule has 4 nitrogen and oxygen atoms in total. The largest absolute Gasteiger partial charge is 2.00 e. The molecule has 2 aromatic heterocycles. The van der Waals surface area contributed by atoms with Crippen LogP contribution in [0.4, 0.5) is 0 Å². The summed E-state index contributed by atoms with van der Waals surface area (Å²) in [6.07, 6.45) is 2.02. The first-order chi connectivity index (χ1) is 32.8. The minimum absolute atomic E-state index is 0.